The van der Waals surface area contributed by atoms with E-state index in [0.717, 1.165) is 59.5 Å². The van der Waals surface area contributed by atoms with Crippen molar-refractivity contribution in [2.45, 2.75) is 57.8 Å². The van der Waals surface area contributed by atoms with E-state index in [2.05, 4.69) is 26.6 Å². The minimum atomic E-state index is -0.126. The van der Waals surface area contributed by atoms with E-state index in [1.807, 2.05) is 24.3 Å². The first-order chi connectivity index (χ1) is 15.1. The van der Waals surface area contributed by atoms with Gasteiger partial charge in [0.1, 0.15) is 5.00 Å². The SMILES string of the molecule is O=C(C[NH+]1CCCCCC1)Nc1sc2c(c1C(=O)Nc1ccc(Br)cc1)CCCCC2. The first kappa shape index (κ1) is 22.5. The lowest BCUT2D eigenvalue weighted by Gasteiger charge is -2.16. The van der Waals surface area contributed by atoms with Crippen LogP contribution in [0.5, 0.6) is 0 Å². The minimum absolute atomic E-state index is 0.0194. The summed E-state index contributed by atoms with van der Waals surface area (Å²) in [4.78, 5) is 28.8. The van der Waals surface area contributed by atoms with Crippen molar-refractivity contribution in [1.82, 2.24) is 0 Å². The van der Waals surface area contributed by atoms with E-state index in [1.165, 1.54) is 41.9 Å². The van der Waals surface area contributed by atoms with Gasteiger partial charge in [0.2, 0.25) is 0 Å². The summed E-state index contributed by atoms with van der Waals surface area (Å²) in [6.45, 7) is 2.60. The smallest absolute Gasteiger partial charge is 0.280 e. The lowest BCUT2D eigenvalue weighted by molar-refractivity contribution is -0.890. The maximum atomic E-state index is 13.3. The molecule has 1 aliphatic heterocycles. The highest BCUT2D eigenvalue weighted by Crippen LogP contribution is 2.38. The Morgan fingerprint density at radius 2 is 1.58 bits per heavy atom. The van der Waals surface area contributed by atoms with Gasteiger partial charge < -0.3 is 15.5 Å². The van der Waals surface area contributed by atoms with E-state index in [1.54, 1.807) is 11.3 Å². The van der Waals surface area contributed by atoms with Gasteiger partial charge >= 0.3 is 0 Å². The molecule has 4 rings (SSSR count). The average molecular weight is 506 g/mol. The molecule has 2 aliphatic rings. The van der Waals surface area contributed by atoms with E-state index >= 15 is 0 Å². The number of amides is 2. The number of benzene rings is 1. The van der Waals surface area contributed by atoms with E-state index in [-0.39, 0.29) is 11.8 Å². The third kappa shape index (κ3) is 5.96. The molecule has 2 amide bonds. The van der Waals surface area contributed by atoms with Crippen LogP contribution in [0.1, 0.15) is 65.7 Å². The maximum absolute atomic E-state index is 13.3. The highest BCUT2D eigenvalue weighted by molar-refractivity contribution is 9.10. The number of nitrogens with one attached hydrogen (secondary N) is 3. The molecule has 2 aromatic rings. The number of anilines is 2. The maximum Gasteiger partial charge on any atom is 0.280 e. The molecule has 1 aliphatic carbocycles. The fourth-order valence-corrected chi connectivity index (χ4v) is 6.17. The Labute approximate surface area is 196 Å². The van der Waals surface area contributed by atoms with Crippen LogP contribution in [0.3, 0.4) is 0 Å². The van der Waals surface area contributed by atoms with Gasteiger partial charge in [-0.15, -0.1) is 11.3 Å². The average Bonchev–Trinajstić information content (AvgIpc) is 2.93. The minimum Gasteiger partial charge on any atom is -0.327 e. The van der Waals surface area contributed by atoms with Crippen LogP contribution in [-0.2, 0) is 17.6 Å². The van der Waals surface area contributed by atoms with Crippen LogP contribution in [0.25, 0.3) is 0 Å². The predicted molar refractivity (Wildman–Crippen MR) is 130 cm³/mol. The van der Waals surface area contributed by atoms with E-state index < -0.39 is 0 Å². The van der Waals surface area contributed by atoms with Crippen molar-refractivity contribution >= 4 is 49.8 Å². The highest BCUT2D eigenvalue weighted by atomic mass is 79.9. The number of aryl methyl sites for hydroxylation is 1. The molecule has 0 radical (unpaired) electrons. The molecule has 5 nitrogen and oxygen atoms in total. The lowest BCUT2D eigenvalue weighted by Crippen LogP contribution is -3.12. The van der Waals surface area contributed by atoms with Crippen molar-refractivity contribution in [2.24, 2.45) is 0 Å². The lowest BCUT2D eigenvalue weighted by atomic mass is 10.0. The molecular formula is C24H31BrN3O2S+. The van der Waals surface area contributed by atoms with E-state index in [4.69, 9.17) is 0 Å². The quantitative estimate of drug-likeness (QED) is 0.527. The number of carbonyl (C=O) groups excluding carboxylic acids is 2. The standard InChI is InChI=1S/C24H30BrN3O2S/c25-17-10-12-18(13-11-17)26-23(30)22-19-8-4-3-5-9-20(19)31-24(22)27-21(29)16-28-14-6-1-2-7-15-28/h10-13H,1-9,14-16H2,(H,26,30)(H,27,29)/p+1. The number of hydrogen-bond donors (Lipinski definition) is 3. The second-order valence-corrected chi connectivity index (χ2v) is 10.6. The van der Waals surface area contributed by atoms with Crippen molar-refractivity contribution in [2.75, 3.05) is 30.3 Å². The predicted octanol–water partition coefficient (Wildman–Crippen LogP) is 4.43. The van der Waals surface area contributed by atoms with Crippen LogP contribution >= 0.6 is 27.3 Å². The first-order valence-electron chi connectivity index (χ1n) is 11.4. The van der Waals surface area contributed by atoms with Crippen LogP contribution in [0, 0.1) is 0 Å². The largest absolute Gasteiger partial charge is 0.327 e. The fourth-order valence-electron chi connectivity index (χ4n) is 4.60. The summed E-state index contributed by atoms with van der Waals surface area (Å²) in [6.07, 6.45) is 10.2. The van der Waals surface area contributed by atoms with E-state index in [0.29, 0.717) is 12.1 Å². The second-order valence-electron chi connectivity index (χ2n) is 8.62. The van der Waals surface area contributed by atoms with Gasteiger partial charge in [-0.2, -0.15) is 0 Å². The number of rotatable bonds is 5. The third-order valence-corrected chi connectivity index (χ3v) is 7.96. The van der Waals surface area contributed by atoms with Crippen LogP contribution in [0.4, 0.5) is 10.7 Å². The highest BCUT2D eigenvalue weighted by Gasteiger charge is 2.27. The summed E-state index contributed by atoms with van der Waals surface area (Å²) < 4.78 is 0.971. The molecular weight excluding hydrogens is 474 g/mol. The van der Waals surface area contributed by atoms with Crippen molar-refractivity contribution in [1.29, 1.82) is 0 Å². The van der Waals surface area contributed by atoms with Crippen LogP contribution in [-0.4, -0.2) is 31.4 Å². The molecule has 0 unspecified atom stereocenters. The molecule has 1 aromatic carbocycles. The van der Waals surface area contributed by atoms with Gasteiger partial charge in [-0.05, 0) is 81.2 Å². The number of carbonyl (C=O) groups is 2. The summed E-state index contributed by atoms with van der Waals surface area (Å²) in [5, 5.41) is 6.88. The monoisotopic (exact) mass is 504 g/mol. The van der Waals surface area contributed by atoms with Gasteiger partial charge in [0, 0.05) is 15.0 Å². The molecule has 0 saturated carbocycles. The number of halogens is 1. The molecule has 2 heterocycles. The zero-order valence-corrected chi connectivity index (χ0v) is 20.3. The molecule has 0 bridgehead atoms. The number of likely N-dealkylation sites (tertiary alicyclic amines) is 1. The Bertz CT molecular complexity index is 918. The Kier molecular flexibility index (Phi) is 7.80. The van der Waals surface area contributed by atoms with Crippen molar-refractivity contribution in [3.8, 4) is 0 Å². The van der Waals surface area contributed by atoms with Gasteiger partial charge in [0.15, 0.2) is 6.54 Å². The van der Waals surface area contributed by atoms with Crippen LogP contribution in [0.2, 0.25) is 0 Å². The number of fused-ring (bicyclic) bond motifs is 1. The fraction of sp³-hybridized carbons (Fsp3) is 0.500. The number of hydrogen-bond acceptors (Lipinski definition) is 3. The van der Waals surface area contributed by atoms with Gasteiger partial charge in [-0.1, -0.05) is 22.4 Å². The zero-order chi connectivity index (χ0) is 21.6. The van der Waals surface area contributed by atoms with Crippen molar-refractivity contribution < 1.29 is 14.5 Å². The molecule has 0 spiro atoms. The summed E-state index contributed by atoms with van der Waals surface area (Å²) >= 11 is 5.03. The normalized spacial score (nSPS) is 17.3. The van der Waals surface area contributed by atoms with Crippen LogP contribution in [0.15, 0.2) is 28.7 Å². The van der Waals surface area contributed by atoms with Gasteiger partial charge in [0.05, 0.1) is 18.7 Å². The summed E-state index contributed by atoms with van der Waals surface area (Å²) in [7, 11) is 0. The van der Waals surface area contributed by atoms with Crippen LogP contribution < -0.4 is 15.5 Å². The van der Waals surface area contributed by atoms with E-state index in [9.17, 15) is 9.59 Å². The molecule has 3 N–H and O–H groups in total. The zero-order valence-electron chi connectivity index (χ0n) is 17.9. The summed E-state index contributed by atoms with van der Waals surface area (Å²) in [5.74, 6) is -0.106. The summed E-state index contributed by atoms with van der Waals surface area (Å²) in [5.41, 5.74) is 2.56. The third-order valence-electron chi connectivity index (χ3n) is 6.22. The molecule has 7 heteroatoms. The Balaban J connectivity index is 1.54. The van der Waals surface area contributed by atoms with Crippen molar-refractivity contribution in [3.63, 3.8) is 0 Å². The second kappa shape index (κ2) is 10.7. The molecule has 1 saturated heterocycles. The first-order valence-corrected chi connectivity index (χ1v) is 13.1. The Morgan fingerprint density at radius 3 is 2.32 bits per heavy atom. The topological polar surface area (TPSA) is 62.6 Å². The number of quaternary nitrogens is 1. The molecule has 166 valence electrons. The molecule has 0 atom stereocenters. The number of thiophene rings is 1. The Morgan fingerprint density at radius 1 is 0.903 bits per heavy atom. The molecule has 31 heavy (non-hydrogen) atoms. The summed E-state index contributed by atoms with van der Waals surface area (Å²) in [6, 6.07) is 7.59. The van der Waals surface area contributed by atoms with Gasteiger partial charge in [0.25, 0.3) is 11.8 Å². The molecule has 1 aromatic heterocycles. The van der Waals surface area contributed by atoms with Gasteiger partial charge in [-0.3, -0.25) is 9.59 Å². The van der Waals surface area contributed by atoms with Gasteiger partial charge in [-0.25, -0.2) is 0 Å². The van der Waals surface area contributed by atoms with Crippen molar-refractivity contribution in [3.05, 3.63) is 44.7 Å². The Hall–Kier alpha value is -1.70. The molecule has 1 fully saturated rings.